The SMILES string of the molecule is O=C(O)CN1CP2CN(CC(=O)O)CP(C1)c1ccccc12. The summed E-state index contributed by atoms with van der Waals surface area (Å²) in [6.45, 7) is 0.148. The van der Waals surface area contributed by atoms with Gasteiger partial charge >= 0.3 is 11.9 Å². The fourth-order valence-corrected chi connectivity index (χ4v) is 9.11. The van der Waals surface area contributed by atoms with E-state index in [1.807, 2.05) is 21.9 Å². The highest BCUT2D eigenvalue weighted by atomic mass is 31.1. The molecule has 0 saturated heterocycles. The van der Waals surface area contributed by atoms with Crippen molar-refractivity contribution in [2.45, 2.75) is 0 Å². The van der Waals surface area contributed by atoms with E-state index in [2.05, 4.69) is 12.1 Å². The van der Waals surface area contributed by atoms with Crippen LogP contribution in [0.3, 0.4) is 0 Å². The third-order valence-corrected chi connectivity index (χ3v) is 9.05. The predicted molar refractivity (Wildman–Crippen MR) is 87.7 cm³/mol. The Bertz CT molecular complexity index is 535. The van der Waals surface area contributed by atoms with Gasteiger partial charge < -0.3 is 10.2 Å². The van der Waals surface area contributed by atoms with Gasteiger partial charge in [-0.2, -0.15) is 0 Å². The summed E-state index contributed by atoms with van der Waals surface area (Å²) in [6.07, 6.45) is 2.97. The van der Waals surface area contributed by atoms with Crippen LogP contribution in [0, 0.1) is 0 Å². The van der Waals surface area contributed by atoms with Crippen LogP contribution >= 0.6 is 15.8 Å². The Morgan fingerprint density at radius 3 is 1.55 bits per heavy atom. The summed E-state index contributed by atoms with van der Waals surface area (Å²) in [4.78, 5) is 26.2. The summed E-state index contributed by atoms with van der Waals surface area (Å²) in [7, 11) is -1.14. The van der Waals surface area contributed by atoms with Crippen LogP contribution in [0.5, 0.6) is 0 Å². The lowest BCUT2D eigenvalue weighted by atomic mass is 10.4. The van der Waals surface area contributed by atoms with Crippen molar-refractivity contribution in [1.29, 1.82) is 0 Å². The van der Waals surface area contributed by atoms with Crippen LogP contribution in [-0.4, -0.2) is 70.2 Å². The standard InChI is InChI=1S/C14H18N2O4P2/c17-13(18)5-15-7-21-8-16(6-14(19)20)10-22(9-15)12-4-2-1-3-11(12)21/h1-4H,5-10H2,(H,17,18)(H,19,20). The molecule has 2 N–H and O–H groups in total. The molecule has 0 fully saturated rings. The van der Waals surface area contributed by atoms with E-state index >= 15 is 0 Å². The first-order chi connectivity index (χ1) is 10.5. The molecular formula is C14H18N2O4P2. The molecule has 2 bridgehead atoms. The Hall–Kier alpha value is -1.06. The van der Waals surface area contributed by atoms with Gasteiger partial charge in [-0.25, -0.2) is 0 Å². The molecule has 6 nitrogen and oxygen atoms in total. The van der Waals surface area contributed by atoms with Gasteiger partial charge in [0.15, 0.2) is 0 Å². The number of aliphatic carboxylic acids is 2. The number of benzene rings is 1. The van der Waals surface area contributed by atoms with E-state index in [1.165, 1.54) is 10.6 Å². The second-order valence-electron chi connectivity index (χ2n) is 5.58. The van der Waals surface area contributed by atoms with E-state index in [0.29, 0.717) is 0 Å². The number of hydrogen-bond donors (Lipinski definition) is 2. The first-order valence-electron chi connectivity index (χ1n) is 7.00. The van der Waals surface area contributed by atoms with E-state index in [0.717, 1.165) is 25.1 Å². The van der Waals surface area contributed by atoms with Gasteiger partial charge in [-0.1, -0.05) is 24.3 Å². The Balaban J connectivity index is 1.91. The quantitative estimate of drug-likeness (QED) is 0.779. The van der Waals surface area contributed by atoms with E-state index in [4.69, 9.17) is 10.2 Å². The van der Waals surface area contributed by atoms with Crippen LogP contribution in [0.1, 0.15) is 0 Å². The first-order valence-corrected chi connectivity index (χ1v) is 10.4. The Morgan fingerprint density at radius 1 is 0.864 bits per heavy atom. The molecule has 0 aliphatic carbocycles. The normalized spacial score (nSPS) is 25.3. The molecule has 0 aromatic heterocycles. The lowest BCUT2D eigenvalue weighted by Gasteiger charge is -2.33. The van der Waals surface area contributed by atoms with Crippen molar-refractivity contribution < 1.29 is 19.8 Å². The molecule has 0 radical (unpaired) electrons. The van der Waals surface area contributed by atoms with Crippen molar-refractivity contribution in [2.75, 3.05) is 38.2 Å². The van der Waals surface area contributed by atoms with Crippen LogP contribution in [0.25, 0.3) is 0 Å². The summed E-state index contributed by atoms with van der Waals surface area (Å²) in [6, 6.07) is 8.35. The molecule has 0 saturated carbocycles. The summed E-state index contributed by atoms with van der Waals surface area (Å²) in [5.41, 5.74) is 0. The molecule has 8 heteroatoms. The zero-order chi connectivity index (χ0) is 15.7. The number of carboxylic acids is 2. The summed E-state index contributed by atoms with van der Waals surface area (Å²) >= 11 is 0. The molecule has 0 spiro atoms. The van der Waals surface area contributed by atoms with Crippen molar-refractivity contribution in [3.8, 4) is 0 Å². The molecule has 118 valence electrons. The largest absolute Gasteiger partial charge is 0.480 e. The second kappa shape index (κ2) is 6.59. The van der Waals surface area contributed by atoms with Gasteiger partial charge in [0.2, 0.25) is 0 Å². The van der Waals surface area contributed by atoms with Crippen LogP contribution in [-0.2, 0) is 9.59 Å². The highest BCUT2D eigenvalue weighted by molar-refractivity contribution is 7.73. The average Bonchev–Trinajstić information content (AvgIpc) is 2.63. The van der Waals surface area contributed by atoms with Crippen molar-refractivity contribution in [2.24, 2.45) is 0 Å². The molecule has 0 atom stereocenters. The Labute approximate surface area is 131 Å². The average molecular weight is 340 g/mol. The third kappa shape index (κ3) is 3.47. The summed E-state index contributed by atoms with van der Waals surface area (Å²) in [5, 5.41) is 20.9. The van der Waals surface area contributed by atoms with Crippen LogP contribution < -0.4 is 10.6 Å². The minimum absolute atomic E-state index is 0.0740. The first kappa shape index (κ1) is 15.8. The Kier molecular flexibility index (Phi) is 4.74. The molecule has 0 unspecified atom stereocenters. The zero-order valence-corrected chi connectivity index (χ0v) is 13.8. The highest BCUT2D eigenvalue weighted by Crippen LogP contribution is 2.50. The van der Waals surface area contributed by atoms with E-state index in [1.54, 1.807) is 0 Å². The van der Waals surface area contributed by atoms with Gasteiger partial charge in [-0.15, -0.1) is 0 Å². The van der Waals surface area contributed by atoms with Crippen LogP contribution in [0.4, 0.5) is 0 Å². The lowest BCUT2D eigenvalue weighted by Crippen LogP contribution is -2.37. The van der Waals surface area contributed by atoms with Gasteiger partial charge in [0.25, 0.3) is 0 Å². The maximum Gasteiger partial charge on any atom is 0.317 e. The number of hydrogen-bond acceptors (Lipinski definition) is 4. The lowest BCUT2D eigenvalue weighted by molar-refractivity contribution is -0.138. The predicted octanol–water partition coefficient (Wildman–Crippen LogP) is 0.531. The van der Waals surface area contributed by atoms with Gasteiger partial charge in [0.1, 0.15) is 0 Å². The van der Waals surface area contributed by atoms with E-state index < -0.39 is 27.8 Å². The maximum atomic E-state index is 11.1. The Morgan fingerprint density at radius 2 is 1.23 bits per heavy atom. The monoisotopic (exact) mass is 340 g/mol. The van der Waals surface area contributed by atoms with Gasteiger partial charge in [0, 0.05) is 25.1 Å². The van der Waals surface area contributed by atoms with Gasteiger partial charge in [0.05, 0.1) is 13.1 Å². The molecule has 22 heavy (non-hydrogen) atoms. The van der Waals surface area contributed by atoms with Crippen molar-refractivity contribution in [1.82, 2.24) is 9.80 Å². The van der Waals surface area contributed by atoms with Gasteiger partial charge in [-0.05, 0) is 26.5 Å². The number of nitrogens with zero attached hydrogens (tertiary/aromatic N) is 2. The smallest absolute Gasteiger partial charge is 0.317 e. The highest BCUT2D eigenvalue weighted by Gasteiger charge is 2.35. The molecule has 2 heterocycles. The minimum atomic E-state index is -0.793. The van der Waals surface area contributed by atoms with Gasteiger partial charge in [-0.3, -0.25) is 19.4 Å². The van der Waals surface area contributed by atoms with Crippen molar-refractivity contribution in [3.05, 3.63) is 24.3 Å². The molecule has 1 aromatic carbocycles. The molecule has 2 aliphatic heterocycles. The second-order valence-corrected chi connectivity index (χ2v) is 9.83. The van der Waals surface area contributed by atoms with Crippen molar-refractivity contribution in [3.63, 3.8) is 0 Å². The topological polar surface area (TPSA) is 81.1 Å². The number of rotatable bonds is 4. The zero-order valence-electron chi connectivity index (χ0n) is 12.1. The van der Waals surface area contributed by atoms with Crippen LogP contribution in [0.2, 0.25) is 0 Å². The third-order valence-electron chi connectivity index (χ3n) is 3.76. The fraction of sp³-hybridized carbons (Fsp3) is 0.429. The van der Waals surface area contributed by atoms with E-state index in [9.17, 15) is 9.59 Å². The number of carbonyl (C=O) groups is 2. The summed E-state index contributed by atoms with van der Waals surface area (Å²) < 4.78 is 0. The van der Waals surface area contributed by atoms with Crippen LogP contribution in [0.15, 0.2) is 24.3 Å². The minimum Gasteiger partial charge on any atom is -0.480 e. The number of carboxylic acid groups (broad SMARTS) is 2. The molecule has 3 rings (SSSR count). The summed E-state index contributed by atoms with van der Waals surface area (Å²) in [5.74, 6) is -1.59. The molecule has 1 aromatic rings. The fourth-order valence-electron chi connectivity index (χ4n) is 3.03. The molecular weight excluding hydrogens is 322 g/mol. The van der Waals surface area contributed by atoms with Crippen molar-refractivity contribution >= 4 is 38.4 Å². The maximum absolute atomic E-state index is 11.1. The van der Waals surface area contributed by atoms with E-state index in [-0.39, 0.29) is 13.1 Å². The molecule has 2 aliphatic rings. The molecule has 0 amide bonds.